The molecule has 5 heteroatoms. The Morgan fingerprint density at radius 2 is 2.00 bits per heavy atom. The van der Waals surface area contributed by atoms with Gasteiger partial charge in [-0.1, -0.05) is 29.4 Å². The molecule has 2 aromatic rings. The first kappa shape index (κ1) is 14.9. The van der Waals surface area contributed by atoms with Crippen molar-refractivity contribution in [2.45, 2.75) is 32.0 Å². The molecule has 2 heterocycles. The number of hydrogen-bond donors (Lipinski definition) is 1. The van der Waals surface area contributed by atoms with Crippen molar-refractivity contribution in [3.8, 4) is 0 Å². The molecule has 1 aliphatic heterocycles. The number of nitrogens with zero attached hydrogens (tertiary/aromatic N) is 3. The molecule has 1 fully saturated rings. The third-order valence-electron chi connectivity index (χ3n) is 5.10. The Kier molecular flexibility index (Phi) is 3.93. The van der Waals surface area contributed by atoms with Crippen LogP contribution < -0.4 is 0 Å². The van der Waals surface area contributed by atoms with Gasteiger partial charge in [-0.15, -0.1) is 0 Å². The first-order valence-electron chi connectivity index (χ1n) is 8.35. The van der Waals surface area contributed by atoms with Crippen molar-refractivity contribution in [3.63, 3.8) is 0 Å². The molecule has 5 nitrogen and oxygen atoms in total. The normalized spacial score (nSPS) is 25.7. The molecule has 2 aliphatic rings. The van der Waals surface area contributed by atoms with Crippen LogP contribution in [0.4, 0.5) is 0 Å². The maximum atomic E-state index is 10.6. The lowest BCUT2D eigenvalue weighted by Crippen LogP contribution is -2.51. The Bertz CT molecular complexity index is 676. The van der Waals surface area contributed by atoms with Gasteiger partial charge in [-0.05, 0) is 24.5 Å². The topological polar surface area (TPSA) is 52.7 Å². The number of rotatable bonds is 3. The van der Waals surface area contributed by atoms with Gasteiger partial charge in [-0.25, -0.2) is 0 Å². The molecular formula is C18H23N3O2. The highest BCUT2D eigenvalue weighted by Crippen LogP contribution is 2.34. The average molecular weight is 313 g/mol. The minimum Gasteiger partial charge on any atom is -0.387 e. The second kappa shape index (κ2) is 6.07. The summed E-state index contributed by atoms with van der Waals surface area (Å²) in [6, 6.07) is 10.5. The average Bonchev–Trinajstić information content (AvgIpc) is 3.12. The largest absolute Gasteiger partial charge is 0.387 e. The predicted octanol–water partition coefficient (Wildman–Crippen LogP) is 1.76. The lowest BCUT2D eigenvalue weighted by molar-refractivity contribution is 0.0240. The van der Waals surface area contributed by atoms with Gasteiger partial charge in [-0.2, -0.15) is 0 Å². The number of aliphatic hydroxyl groups is 1. The van der Waals surface area contributed by atoms with Crippen LogP contribution in [-0.2, 0) is 13.0 Å². The minimum absolute atomic E-state index is 0.224. The highest BCUT2D eigenvalue weighted by molar-refractivity contribution is 5.36. The summed E-state index contributed by atoms with van der Waals surface area (Å²) in [6.07, 6.45) is 0.605. The van der Waals surface area contributed by atoms with E-state index >= 15 is 0 Å². The number of aromatic nitrogens is 1. The number of hydrogen-bond acceptors (Lipinski definition) is 5. The van der Waals surface area contributed by atoms with Gasteiger partial charge in [0.15, 0.2) is 5.76 Å². The Balaban J connectivity index is 1.35. The van der Waals surface area contributed by atoms with Crippen molar-refractivity contribution >= 4 is 0 Å². The molecule has 1 aromatic carbocycles. The zero-order valence-corrected chi connectivity index (χ0v) is 13.5. The maximum absolute atomic E-state index is 10.6. The molecule has 1 aromatic heterocycles. The first-order chi connectivity index (χ1) is 11.2. The van der Waals surface area contributed by atoms with Crippen molar-refractivity contribution in [1.82, 2.24) is 15.0 Å². The molecule has 1 saturated heterocycles. The van der Waals surface area contributed by atoms with Crippen LogP contribution in [0.1, 0.15) is 28.7 Å². The van der Waals surface area contributed by atoms with Crippen LogP contribution in [0.15, 0.2) is 34.9 Å². The standard InChI is InChI=1S/C18H23N3O2/c1-13-10-15(23-19-13)12-20-6-8-21(9-7-20)17-11-14-4-2-3-5-16(14)18(17)22/h2-5,10,17-18,22H,6-9,11-12H2,1H3. The van der Waals surface area contributed by atoms with Gasteiger partial charge in [0.05, 0.1) is 18.3 Å². The quantitative estimate of drug-likeness (QED) is 0.936. The maximum Gasteiger partial charge on any atom is 0.150 e. The third-order valence-corrected chi connectivity index (χ3v) is 5.10. The van der Waals surface area contributed by atoms with E-state index in [2.05, 4.69) is 33.2 Å². The molecule has 4 rings (SSSR count). The summed E-state index contributed by atoms with van der Waals surface area (Å²) in [6.45, 7) is 6.75. The van der Waals surface area contributed by atoms with Crippen LogP contribution >= 0.6 is 0 Å². The van der Waals surface area contributed by atoms with E-state index in [0.29, 0.717) is 0 Å². The lowest BCUT2D eigenvalue weighted by Gasteiger charge is -2.38. The zero-order valence-electron chi connectivity index (χ0n) is 13.5. The van der Waals surface area contributed by atoms with Crippen LogP contribution in [0.2, 0.25) is 0 Å². The number of aryl methyl sites for hydroxylation is 1. The summed E-state index contributed by atoms with van der Waals surface area (Å²) >= 11 is 0. The van der Waals surface area contributed by atoms with Crippen LogP contribution in [-0.4, -0.2) is 52.3 Å². The van der Waals surface area contributed by atoms with Crippen LogP contribution in [0, 0.1) is 6.92 Å². The molecule has 1 N–H and O–H groups in total. The monoisotopic (exact) mass is 313 g/mol. The molecule has 2 unspecified atom stereocenters. The molecule has 1 aliphatic carbocycles. The Labute approximate surface area is 136 Å². The van der Waals surface area contributed by atoms with Gasteiger partial charge < -0.3 is 9.63 Å². The molecule has 0 amide bonds. The molecule has 0 saturated carbocycles. The van der Waals surface area contributed by atoms with Crippen LogP contribution in [0.3, 0.4) is 0 Å². The van der Waals surface area contributed by atoms with Crippen LogP contribution in [0.25, 0.3) is 0 Å². The van der Waals surface area contributed by atoms with Gasteiger partial charge in [-0.3, -0.25) is 9.80 Å². The van der Waals surface area contributed by atoms with E-state index in [9.17, 15) is 5.11 Å². The second-order valence-corrected chi connectivity index (χ2v) is 6.66. The van der Waals surface area contributed by atoms with Gasteiger partial charge >= 0.3 is 0 Å². The fourth-order valence-electron chi connectivity index (χ4n) is 3.85. The van der Waals surface area contributed by atoms with Crippen molar-refractivity contribution in [2.75, 3.05) is 26.2 Å². The Hall–Kier alpha value is -1.69. The molecule has 0 radical (unpaired) electrons. The number of aliphatic hydroxyl groups excluding tert-OH is 1. The van der Waals surface area contributed by atoms with E-state index < -0.39 is 0 Å². The minimum atomic E-state index is -0.352. The Morgan fingerprint density at radius 3 is 2.70 bits per heavy atom. The van der Waals surface area contributed by atoms with E-state index in [4.69, 9.17) is 4.52 Å². The van der Waals surface area contributed by atoms with E-state index in [0.717, 1.165) is 56.2 Å². The van der Waals surface area contributed by atoms with E-state index in [1.54, 1.807) is 0 Å². The lowest BCUT2D eigenvalue weighted by atomic mass is 10.1. The zero-order chi connectivity index (χ0) is 15.8. The number of benzene rings is 1. The summed E-state index contributed by atoms with van der Waals surface area (Å²) in [5.41, 5.74) is 3.34. The molecule has 122 valence electrons. The van der Waals surface area contributed by atoms with E-state index in [-0.39, 0.29) is 12.1 Å². The summed E-state index contributed by atoms with van der Waals surface area (Å²) in [7, 11) is 0. The summed E-state index contributed by atoms with van der Waals surface area (Å²) < 4.78 is 5.31. The van der Waals surface area contributed by atoms with E-state index in [1.807, 2.05) is 19.1 Å². The first-order valence-corrected chi connectivity index (χ1v) is 8.35. The molecule has 0 bridgehead atoms. The van der Waals surface area contributed by atoms with E-state index in [1.165, 1.54) is 5.56 Å². The summed E-state index contributed by atoms with van der Waals surface area (Å²) in [5, 5.41) is 14.6. The van der Waals surface area contributed by atoms with Gasteiger partial charge in [0, 0.05) is 38.3 Å². The molecule has 2 atom stereocenters. The highest BCUT2D eigenvalue weighted by Gasteiger charge is 2.36. The van der Waals surface area contributed by atoms with Crippen molar-refractivity contribution in [3.05, 3.63) is 52.9 Å². The van der Waals surface area contributed by atoms with Gasteiger partial charge in [0.1, 0.15) is 0 Å². The number of piperazine rings is 1. The smallest absolute Gasteiger partial charge is 0.150 e. The Morgan fingerprint density at radius 1 is 1.22 bits per heavy atom. The number of fused-ring (bicyclic) bond motifs is 1. The second-order valence-electron chi connectivity index (χ2n) is 6.66. The SMILES string of the molecule is Cc1cc(CN2CCN(C3Cc4ccccc4C3O)CC2)on1. The van der Waals surface area contributed by atoms with Gasteiger partial charge in [0.2, 0.25) is 0 Å². The van der Waals surface area contributed by atoms with Crippen molar-refractivity contribution < 1.29 is 9.63 Å². The molecular weight excluding hydrogens is 290 g/mol. The van der Waals surface area contributed by atoms with Crippen LogP contribution in [0.5, 0.6) is 0 Å². The fraction of sp³-hybridized carbons (Fsp3) is 0.500. The molecule has 0 spiro atoms. The third kappa shape index (κ3) is 2.92. The van der Waals surface area contributed by atoms with Crippen molar-refractivity contribution in [1.29, 1.82) is 0 Å². The van der Waals surface area contributed by atoms with Gasteiger partial charge in [0.25, 0.3) is 0 Å². The highest BCUT2D eigenvalue weighted by atomic mass is 16.5. The van der Waals surface area contributed by atoms with Crippen molar-refractivity contribution in [2.24, 2.45) is 0 Å². The summed E-state index contributed by atoms with van der Waals surface area (Å²) in [5.74, 6) is 0.934. The molecule has 23 heavy (non-hydrogen) atoms. The summed E-state index contributed by atoms with van der Waals surface area (Å²) in [4.78, 5) is 4.83. The predicted molar refractivity (Wildman–Crippen MR) is 87.0 cm³/mol. The fourth-order valence-corrected chi connectivity index (χ4v) is 3.85.